The predicted octanol–water partition coefficient (Wildman–Crippen LogP) is 4.91. The SMILES string of the molecule is O=C([C@H](O)c1cccc(Cl)c1)N1CCc2nc(C3(c4cccc(Oc5ccccc5)c4)CC3)[nH]c(=O)c2C1. The number of nitrogens with zero attached hydrogens (tertiary/aromatic N) is 2. The second kappa shape index (κ2) is 9.74. The molecule has 3 aromatic carbocycles. The molecule has 1 fully saturated rings. The van der Waals surface area contributed by atoms with Crippen molar-refractivity contribution in [2.24, 2.45) is 0 Å². The fourth-order valence-corrected chi connectivity index (χ4v) is 5.30. The van der Waals surface area contributed by atoms with Crippen molar-refractivity contribution in [2.45, 2.75) is 37.3 Å². The minimum atomic E-state index is -1.35. The Labute approximate surface area is 224 Å². The second-order valence-corrected chi connectivity index (χ2v) is 10.3. The van der Waals surface area contributed by atoms with E-state index < -0.39 is 12.0 Å². The van der Waals surface area contributed by atoms with Gasteiger partial charge in [-0.2, -0.15) is 0 Å². The van der Waals surface area contributed by atoms with E-state index in [2.05, 4.69) is 4.98 Å². The highest BCUT2D eigenvalue weighted by molar-refractivity contribution is 6.30. The monoisotopic (exact) mass is 527 g/mol. The first-order chi connectivity index (χ1) is 18.4. The van der Waals surface area contributed by atoms with Crippen LogP contribution in [0.1, 0.15) is 47.2 Å². The van der Waals surface area contributed by atoms with E-state index >= 15 is 0 Å². The van der Waals surface area contributed by atoms with Crippen molar-refractivity contribution >= 4 is 17.5 Å². The van der Waals surface area contributed by atoms with Gasteiger partial charge in [0.2, 0.25) is 0 Å². The number of rotatable bonds is 6. The van der Waals surface area contributed by atoms with Gasteiger partial charge >= 0.3 is 0 Å². The van der Waals surface area contributed by atoms with Crippen molar-refractivity contribution < 1.29 is 14.6 Å². The Kier molecular flexibility index (Phi) is 6.26. The minimum absolute atomic E-state index is 0.0990. The van der Waals surface area contributed by atoms with Crippen LogP contribution in [0.15, 0.2) is 83.7 Å². The summed E-state index contributed by atoms with van der Waals surface area (Å²) in [7, 11) is 0. The Bertz CT molecular complexity index is 1570. The maximum Gasteiger partial charge on any atom is 0.256 e. The van der Waals surface area contributed by atoms with Crippen LogP contribution < -0.4 is 10.3 Å². The van der Waals surface area contributed by atoms with Crippen LogP contribution in [0.25, 0.3) is 0 Å². The van der Waals surface area contributed by atoms with Crippen molar-refractivity contribution in [3.05, 3.63) is 122 Å². The molecule has 1 saturated carbocycles. The number of aromatic amines is 1. The van der Waals surface area contributed by atoms with Crippen molar-refractivity contribution in [3.63, 3.8) is 0 Å². The van der Waals surface area contributed by atoms with Gasteiger partial charge in [0.05, 0.1) is 23.2 Å². The number of hydrogen-bond donors (Lipinski definition) is 2. The lowest BCUT2D eigenvalue weighted by molar-refractivity contribution is -0.141. The number of nitrogens with one attached hydrogen (secondary N) is 1. The summed E-state index contributed by atoms with van der Waals surface area (Å²) in [4.78, 5) is 35.6. The van der Waals surface area contributed by atoms with Gasteiger partial charge in [0.25, 0.3) is 11.5 Å². The number of benzene rings is 3. The van der Waals surface area contributed by atoms with E-state index in [0.29, 0.717) is 40.6 Å². The van der Waals surface area contributed by atoms with E-state index in [9.17, 15) is 14.7 Å². The highest BCUT2D eigenvalue weighted by atomic mass is 35.5. The van der Waals surface area contributed by atoms with Gasteiger partial charge in [-0.15, -0.1) is 0 Å². The molecule has 38 heavy (non-hydrogen) atoms. The van der Waals surface area contributed by atoms with Crippen LogP contribution in [-0.4, -0.2) is 32.4 Å². The molecule has 192 valence electrons. The molecular formula is C30H26ClN3O4. The molecule has 8 heteroatoms. The number of aliphatic hydroxyl groups is 1. The van der Waals surface area contributed by atoms with Gasteiger partial charge in [-0.1, -0.05) is 54.1 Å². The minimum Gasteiger partial charge on any atom is -0.457 e. The van der Waals surface area contributed by atoms with Crippen molar-refractivity contribution in [1.82, 2.24) is 14.9 Å². The van der Waals surface area contributed by atoms with Gasteiger partial charge < -0.3 is 19.7 Å². The Hall–Kier alpha value is -3.94. The van der Waals surface area contributed by atoms with E-state index in [0.717, 1.165) is 29.9 Å². The number of halogens is 1. The fraction of sp³-hybridized carbons (Fsp3) is 0.233. The van der Waals surface area contributed by atoms with Crippen LogP contribution in [0.2, 0.25) is 5.02 Å². The molecule has 2 heterocycles. The van der Waals surface area contributed by atoms with Gasteiger partial charge in [0.15, 0.2) is 6.10 Å². The number of hydrogen-bond acceptors (Lipinski definition) is 5. The molecule has 2 aliphatic rings. The highest BCUT2D eigenvalue weighted by Crippen LogP contribution is 2.52. The van der Waals surface area contributed by atoms with Crippen molar-refractivity contribution in [3.8, 4) is 11.5 Å². The summed E-state index contributed by atoms with van der Waals surface area (Å²) in [6.07, 6.45) is 0.842. The molecule has 7 nitrogen and oxygen atoms in total. The lowest BCUT2D eigenvalue weighted by Crippen LogP contribution is -2.42. The van der Waals surface area contributed by atoms with E-state index in [1.54, 1.807) is 24.3 Å². The number of H-pyrrole nitrogens is 1. The number of carbonyl (C=O) groups is 1. The van der Waals surface area contributed by atoms with Crippen molar-refractivity contribution in [1.29, 1.82) is 0 Å². The smallest absolute Gasteiger partial charge is 0.256 e. The quantitative estimate of drug-likeness (QED) is 0.371. The Morgan fingerprint density at radius 3 is 2.55 bits per heavy atom. The van der Waals surface area contributed by atoms with E-state index in [4.69, 9.17) is 21.3 Å². The maximum absolute atomic E-state index is 13.2. The molecule has 1 aliphatic carbocycles. The van der Waals surface area contributed by atoms with Gasteiger partial charge in [-0.05, 0) is 60.4 Å². The Balaban J connectivity index is 1.23. The summed E-state index contributed by atoms with van der Waals surface area (Å²) >= 11 is 6.02. The summed E-state index contributed by atoms with van der Waals surface area (Å²) < 4.78 is 6.03. The van der Waals surface area contributed by atoms with E-state index in [1.165, 1.54) is 4.90 Å². The maximum atomic E-state index is 13.2. The highest BCUT2D eigenvalue weighted by Gasteiger charge is 2.49. The summed E-state index contributed by atoms with van der Waals surface area (Å²) in [6, 6.07) is 24.1. The Morgan fingerprint density at radius 1 is 1.03 bits per heavy atom. The molecule has 2 N–H and O–H groups in total. The first kappa shape index (κ1) is 24.4. The average molecular weight is 528 g/mol. The van der Waals surface area contributed by atoms with Crippen molar-refractivity contribution in [2.75, 3.05) is 6.54 Å². The average Bonchev–Trinajstić information content (AvgIpc) is 3.75. The third-order valence-corrected chi connectivity index (χ3v) is 7.58. The molecule has 0 saturated heterocycles. The molecular weight excluding hydrogens is 502 g/mol. The summed E-state index contributed by atoms with van der Waals surface area (Å²) in [5.41, 5.74) is 2.02. The van der Waals surface area contributed by atoms with Gasteiger partial charge in [-0.25, -0.2) is 4.98 Å². The predicted molar refractivity (Wildman–Crippen MR) is 143 cm³/mol. The third kappa shape index (κ3) is 4.59. The Morgan fingerprint density at radius 2 is 1.79 bits per heavy atom. The van der Waals surface area contributed by atoms with Gasteiger partial charge in [0, 0.05) is 18.0 Å². The number of amides is 1. The number of para-hydroxylation sites is 1. The first-order valence-corrected chi connectivity index (χ1v) is 13.0. The summed E-state index contributed by atoms with van der Waals surface area (Å²) in [5.74, 6) is 1.68. The zero-order valence-corrected chi connectivity index (χ0v) is 21.3. The first-order valence-electron chi connectivity index (χ1n) is 12.6. The van der Waals surface area contributed by atoms with Crippen LogP contribution in [0, 0.1) is 0 Å². The molecule has 4 aromatic rings. The van der Waals surface area contributed by atoms with Gasteiger partial charge in [0.1, 0.15) is 17.3 Å². The standard InChI is InChI=1S/C30H26ClN3O4/c31-21-8-4-6-19(16-21)26(35)28(37)34-15-12-25-24(18-34)27(36)33-29(32-25)30(13-14-30)20-7-5-11-23(17-20)38-22-9-2-1-3-10-22/h1-11,16-17,26,35H,12-15,18H2,(H,32,33,36)/t26-/m1/s1. The van der Waals surface area contributed by atoms with E-state index in [1.807, 2.05) is 54.6 Å². The van der Waals surface area contributed by atoms with Crippen LogP contribution in [0.5, 0.6) is 11.5 Å². The molecule has 1 aliphatic heterocycles. The molecule has 1 atom stereocenters. The lowest BCUT2D eigenvalue weighted by atomic mass is 9.94. The molecule has 0 radical (unpaired) electrons. The van der Waals surface area contributed by atoms with Crippen LogP contribution in [0.4, 0.5) is 0 Å². The van der Waals surface area contributed by atoms with Crippen LogP contribution >= 0.6 is 11.6 Å². The zero-order valence-electron chi connectivity index (χ0n) is 20.6. The third-order valence-electron chi connectivity index (χ3n) is 7.35. The van der Waals surface area contributed by atoms with Crippen LogP contribution in [0.3, 0.4) is 0 Å². The lowest BCUT2D eigenvalue weighted by Gasteiger charge is -2.30. The molecule has 1 aromatic heterocycles. The molecule has 6 rings (SSSR count). The number of aromatic nitrogens is 2. The molecule has 0 spiro atoms. The zero-order chi connectivity index (χ0) is 26.3. The topological polar surface area (TPSA) is 95.5 Å². The normalized spacial score (nSPS) is 16.4. The number of aliphatic hydroxyl groups excluding tert-OH is 1. The number of fused-ring (bicyclic) bond motifs is 1. The summed E-state index contributed by atoms with van der Waals surface area (Å²) in [6.45, 7) is 0.467. The summed E-state index contributed by atoms with van der Waals surface area (Å²) in [5, 5.41) is 11.1. The number of ether oxygens (including phenoxy) is 1. The van der Waals surface area contributed by atoms with Crippen LogP contribution in [-0.2, 0) is 23.2 Å². The molecule has 0 unspecified atom stereocenters. The molecule has 1 amide bonds. The van der Waals surface area contributed by atoms with Gasteiger partial charge in [-0.3, -0.25) is 9.59 Å². The largest absolute Gasteiger partial charge is 0.457 e. The second-order valence-electron chi connectivity index (χ2n) is 9.83. The van der Waals surface area contributed by atoms with E-state index in [-0.39, 0.29) is 17.5 Å². The molecule has 0 bridgehead atoms. The number of carbonyl (C=O) groups excluding carboxylic acids is 1. The fourth-order valence-electron chi connectivity index (χ4n) is 5.10.